The minimum Gasteiger partial charge on any atom is -0.392 e. The lowest BCUT2D eigenvalue weighted by Gasteiger charge is -2.01. The largest absolute Gasteiger partial charge is 0.392 e. The second-order valence-electron chi connectivity index (χ2n) is 2.48. The highest BCUT2D eigenvalue weighted by molar-refractivity contribution is 14.1. The molecule has 0 heterocycles. The molecule has 0 aliphatic heterocycles. The third-order valence-electron chi connectivity index (χ3n) is 1.61. The lowest BCUT2D eigenvalue weighted by molar-refractivity contribution is 0.281. The average Bonchev–Trinajstić information content (AvgIpc) is 2.03. The number of aliphatic hydroxyl groups excluding tert-OH is 1. The third-order valence-corrected chi connectivity index (χ3v) is 2.23. The first-order valence-electron chi connectivity index (χ1n) is 3.65. The molecule has 0 saturated carbocycles. The molecule has 2 heteroatoms. The molecule has 60 valence electrons. The van der Waals surface area contributed by atoms with Crippen molar-refractivity contribution in [1.29, 1.82) is 0 Å². The van der Waals surface area contributed by atoms with Crippen LogP contribution in [-0.2, 0) is 13.0 Å². The van der Waals surface area contributed by atoms with Gasteiger partial charge in [0.2, 0.25) is 0 Å². The van der Waals surface area contributed by atoms with E-state index in [9.17, 15) is 0 Å². The standard InChI is InChI=1S/C9H11IO/c1-2-7-3-8(6-11)5-9(10)4-7/h3-5,11H,2,6H2,1H3. The molecule has 0 radical (unpaired) electrons. The zero-order chi connectivity index (χ0) is 8.27. The fraction of sp³-hybridized carbons (Fsp3) is 0.333. The minimum atomic E-state index is 0.143. The monoisotopic (exact) mass is 262 g/mol. The van der Waals surface area contributed by atoms with Crippen molar-refractivity contribution in [3.05, 3.63) is 32.9 Å². The van der Waals surface area contributed by atoms with E-state index in [-0.39, 0.29) is 6.61 Å². The molecule has 0 fully saturated rings. The van der Waals surface area contributed by atoms with Gasteiger partial charge in [-0.15, -0.1) is 0 Å². The van der Waals surface area contributed by atoms with E-state index in [4.69, 9.17) is 5.11 Å². The Labute approximate surface area is 80.6 Å². The van der Waals surface area contributed by atoms with Crippen molar-refractivity contribution in [2.75, 3.05) is 0 Å². The summed E-state index contributed by atoms with van der Waals surface area (Å²) in [5, 5.41) is 8.88. The van der Waals surface area contributed by atoms with Gasteiger partial charge in [-0.3, -0.25) is 0 Å². The fourth-order valence-electron chi connectivity index (χ4n) is 1.01. The van der Waals surface area contributed by atoms with E-state index in [1.165, 1.54) is 9.13 Å². The Kier molecular flexibility index (Phi) is 3.33. The number of benzene rings is 1. The van der Waals surface area contributed by atoms with E-state index >= 15 is 0 Å². The van der Waals surface area contributed by atoms with Gasteiger partial charge in [0, 0.05) is 3.57 Å². The maximum Gasteiger partial charge on any atom is 0.0682 e. The lowest BCUT2D eigenvalue weighted by Crippen LogP contribution is -1.88. The quantitative estimate of drug-likeness (QED) is 0.811. The van der Waals surface area contributed by atoms with E-state index in [1.54, 1.807) is 0 Å². The topological polar surface area (TPSA) is 20.2 Å². The summed E-state index contributed by atoms with van der Waals surface area (Å²) in [6, 6.07) is 6.18. The summed E-state index contributed by atoms with van der Waals surface area (Å²) < 4.78 is 1.20. The molecule has 0 aromatic heterocycles. The average molecular weight is 262 g/mol. The van der Waals surface area contributed by atoms with Crippen LogP contribution in [0.1, 0.15) is 18.1 Å². The second-order valence-corrected chi connectivity index (χ2v) is 3.73. The first kappa shape index (κ1) is 9.00. The predicted octanol–water partition coefficient (Wildman–Crippen LogP) is 2.35. The van der Waals surface area contributed by atoms with E-state index in [0.717, 1.165) is 12.0 Å². The van der Waals surface area contributed by atoms with Crippen molar-refractivity contribution in [3.63, 3.8) is 0 Å². The summed E-state index contributed by atoms with van der Waals surface area (Å²) in [7, 11) is 0. The summed E-state index contributed by atoms with van der Waals surface area (Å²) in [5.74, 6) is 0. The Morgan fingerprint density at radius 1 is 1.27 bits per heavy atom. The van der Waals surface area contributed by atoms with Crippen LogP contribution in [0, 0.1) is 3.57 Å². The molecule has 11 heavy (non-hydrogen) atoms. The van der Waals surface area contributed by atoms with Gasteiger partial charge in [0.25, 0.3) is 0 Å². The van der Waals surface area contributed by atoms with Gasteiger partial charge in [0.15, 0.2) is 0 Å². The molecule has 0 amide bonds. The fourth-order valence-corrected chi connectivity index (χ4v) is 1.81. The van der Waals surface area contributed by atoms with Gasteiger partial charge in [0.05, 0.1) is 6.61 Å². The Hall–Kier alpha value is -0.0900. The van der Waals surface area contributed by atoms with Crippen LogP contribution in [-0.4, -0.2) is 5.11 Å². The zero-order valence-electron chi connectivity index (χ0n) is 6.47. The highest BCUT2D eigenvalue weighted by Crippen LogP contribution is 2.12. The van der Waals surface area contributed by atoms with Crippen LogP contribution in [0.3, 0.4) is 0 Å². The van der Waals surface area contributed by atoms with E-state index in [0.29, 0.717) is 0 Å². The highest BCUT2D eigenvalue weighted by Gasteiger charge is 1.95. The van der Waals surface area contributed by atoms with Crippen LogP contribution < -0.4 is 0 Å². The molecule has 0 saturated heterocycles. The molecule has 0 aliphatic carbocycles. The Morgan fingerprint density at radius 2 is 1.91 bits per heavy atom. The van der Waals surface area contributed by atoms with Crippen LogP contribution in [0.5, 0.6) is 0 Å². The number of rotatable bonds is 2. The molecule has 0 bridgehead atoms. The summed E-state index contributed by atoms with van der Waals surface area (Å²) in [5.41, 5.74) is 2.30. The Balaban J connectivity index is 3.02. The second kappa shape index (κ2) is 4.07. The minimum absolute atomic E-state index is 0.143. The van der Waals surface area contributed by atoms with Gasteiger partial charge >= 0.3 is 0 Å². The number of halogens is 1. The van der Waals surface area contributed by atoms with Crippen LogP contribution in [0.15, 0.2) is 18.2 Å². The smallest absolute Gasteiger partial charge is 0.0682 e. The van der Waals surface area contributed by atoms with E-state index < -0.39 is 0 Å². The van der Waals surface area contributed by atoms with Crippen molar-refractivity contribution in [1.82, 2.24) is 0 Å². The van der Waals surface area contributed by atoms with Crippen LogP contribution in [0.25, 0.3) is 0 Å². The molecule has 0 atom stereocenters. The predicted molar refractivity (Wildman–Crippen MR) is 54.5 cm³/mol. The summed E-state index contributed by atoms with van der Waals surface area (Å²) in [6.07, 6.45) is 1.03. The van der Waals surface area contributed by atoms with Gasteiger partial charge in [-0.1, -0.05) is 13.0 Å². The van der Waals surface area contributed by atoms with Crippen molar-refractivity contribution in [2.45, 2.75) is 20.0 Å². The summed E-state index contributed by atoms with van der Waals surface area (Å²) in [4.78, 5) is 0. The number of aliphatic hydroxyl groups is 1. The van der Waals surface area contributed by atoms with Crippen LogP contribution in [0.2, 0.25) is 0 Å². The van der Waals surface area contributed by atoms with Gasteiger partial charge in [0.1, 0.15) is 0 Å². The molecular formula is C9H11IO. The molecule has 1 nitrogen and oxygen atoms in total. The molecule has 0 spiro atoms. The van der Waals surface area contributed by atoms with E-state index in [1.807, 2.05) is 12.1 Å². The van der Waals surface area contributed by atoms with Crippen molar-refractivity contribution >= 4 is 22.6 Å². The molecule has 1 rings (SSSR count). The molecule has 0 aliphatic rings. The molecule has 0 unspecified atom stereocenters. The van der Waals surface area contributed by atoms with Crippen LogP contribution in [0.4, 0.5) is 0 Å². The molecule has 1 N–H and O–H groups in total. The number of hydrogen-bond acceptors (Lipinski definition) is 1. The SMILES string of the molecule is CCc1cc(I)cc(CO)c1. The molecule has 1 aromatic rings. The normalized spacial score (nSPS) is 10.1. The summed E-state index contributed by atoms with van der Waals surface area (Å²) in [6.45, 7) is 2.26. The van der Waals surface area contributed by atoms with Gasteiger partial charge in [-0.05, 0) is 52.3 Å². The number of hydrogen-bond donors (Lipinski definition) is 1. The summed E-state index contributed by atoms with van der Waals surface area (Å²) >= 11 is 2.27. The van der Waals surface area contributed by atoms with Crippen LogP contribution >= 0.6 is 22.6 Å². The van der Waals surface area contributed by atoms with Gasteiger partial charge in [-0.2, -0.15) is 0 Å². The van der Waals surface area contributed by atoms with Gasteiger partial charge in [-0.25, -0.2) is 0 Å². The van der Waals surface area contributed by atoms with Crippen molar-refractivity contribution in [2.24, 2.45) is 0 Å². The Bertz CT molecular complexity index is 223. The third kappa shape index (κ3) is 2.45. The molecule has 1 aromatic carbocycles. The van der Waals surface area contributed by atoms with Crippen molar-refractivity contribution < 1.29 is 5.11 Å². The maximum absolute atomic E-state index is 8.88. The Morgan fingerprint density at radius 3 is 2.45 bits per heavy atom. The van der Waals surface area contributed by atoms with Crippen molar-refractivity contribution in [3.8, 4) is 0 Å². The zero-order valence-corrected chi connectivity index (χ0v) is 8.63. The highest BCUT2D eigenvalue weighted by atomic mass is 127. The first-order chi connectivity index (χ1) is 5.26. The molecular weight excluding hydrogens is 251 g/mol. The number of aryl methyl sites for hydroxylation is 1. The maximum atomic E-state index is 8.88. The lowest BCUT2D eigenvalue weighted by atomic mass is 10.1. The van der Waals surface area contributed by atoms with Gasteiger partial charge < -0.3 is 5.11 Å². The van der Waals surface area contributed by atoms with E-state index in [2.05, 4.69) is 35.6 Å². The first-order valence-corrected chi connectivity index (χ1v) is 4.73.